The van der Waals surface area contributed by atoms with Crippen LogP contribution in [0.3, 0.4) is 0 Å². The molecule has 1 aliphatic carbocycles. The number of aromatic nitrogens is 2. The fourth-order valence-corrected chi connectivity index (χ4v) is 4.41. The number of amides is 1. The van der Waals surface area contributed by atoms with Crippen LogP contribution in [0.4, 0.5) is 0 Å². The average molecular weight is 320 g/mol. The number of likely N-dealkylation sites (tertiary alicyclic amines) is 1. The van der Waals surface area contributed by atoms with Crippen molar-refractivity contribution in [2.24, 2.45) is 11.8 Å². The Bertz CT molecular complexity index is 743. The molecule has 2 aromatic heterocycles. The van der Waals surface area contributed by atoms with Gasteiger partial charge in [0.15, 0.2) is 0 Å². The number of nitrogens with zero attached hydrogens (tertiary/aromatic N) is 3. The van der Waals surface area contributed by atoms with Crippen molar-refractivity contribution < 1.29 is 9.90 Å². The number of carbonyl (C=O) groups excluding carboxylic acids is 1. The van der Waals surface area contributed by atoms with Gasteiger partial charge in [-0.25, -0.2) is 4.98 Å². The van der Waals surface area contributed by atoms with Crippen LogP contribution in [0.2, 0.25) is 5.02 Å². The molecule has 0 unspecified atom stereocenters. The SMILES string of the molecule is CC(=O)N1C[C@@H]2C[C@@](O)(c3cc(Cl)cn4cncc34)C[C@@H]2C1. The fourth-order valence-electron chi connectivity index (χ4n) is 4.20. The molecule has 4 rings (SSSR count). The first-order valence-electron chi connectivity index (χ1n) is 7.56. The van der Waals surface area contributed by atoms with E-state index in [-0.39, 0.29) is 5.91 Å². The monoisotopic (exact) mass is 319 g/mol. The van der Waals surface area contributed by atoms with Crippen molar-refractivity contribution in [2.45, 2.75) is 25.4 Å². The van der Waals surface area contributed by atoms with Crippen molar-refractivity contribution in [3.05, 3.63) is 35.4 Å². The van der Waals surface area contributed by atoms with Crippen molar-refractivity contribution in [3.8, 4) is 0 Å². The molecule has 0 spiro atoms. The molecule has 0 radical (unpaired) electrons. The van der Waals surface area contributed by atoms with Crippen molar-refractivity contribution >= 4 is 23.0 Å². The third-order valence-corrected chi connectivity index (χ3v) is 5.42. The molecule has 1 N–H and O–H groups in total. The Morgan fingerprint density at radius 2 is 2.09 bits per heavy atom. The summed E-state index contributed by atoms with van der Waals surface area (Å²) in [7, 11) is 0. The summed E-state index contributed by atoms with van der Waals surface area (Å²) in [6.45, 7) is 3.11. The second-order valence-corrected chi connectivity index (χ2v) is 7.08. The first-order chi connectivity index (χ1) is 10.5. The zero-order chi connectivity index (χ0) is 15.5. The van der Waals surface area contributed by atoms with Crippen LogP contribution in [0, 0.1) is 11.8 Å². The van der Waals surface area contributed by atoms with E-state index >= 15 is 0 Å². The predicted molar refractivity (Wildman–Crippen MR) is 82.6 cm³/mol. The van der Waals surface area contributed by atoms with Crippen LogP contribution < -0.4 is 0 Å². The number of pyridine rings is 1. The van der Waals surface area contributed by atoms with Crippen molar-refractivity contribution in [2.75, 3.05) is 13.1 Å². The number of imidazole rings is 1. The smallest absolute Gasteiger partial charge is 0.219 e. The van der Waals surface area contributed by atoms with Gasteiger partial charge in [-0.15, -0.1) is 0 Å². The van der Waals surface area contributed by atoms with Crippen molar-refractivity contribution in [1.29, 1.82) is 0 Å². The molecule has 5 nitrogen and oxygen atoms in total. The molecule has 2 aromatic rings. The van der Waals surface area contributed by atoms with Crippen molar-refractivity contribution in [3.63, 3.8) is 0 Å². The molecule has 1 saturated heterocycles. The van der Waals surface area contributed by atoms with E-state index in [0.717, 1.165) is 24.2 Å². The van der Waals surface area contributed by atoms with E-state index in [1.54, 1.807) is 25.6 Å². The average Bonchev–Trinajstić information content (AvgIpc) is 3.10. The first kappa shape index (κ1) is 14.0. The summed E-state index contributed by atoms with van der Waals surface area (Å²) in [5.74, 6) is 0.839. The maximum atomic E-state index is 11.5. The highest BCUT2D eigenvalue weighted by atomic mass is 35.5. The van der Waals surface area contributed by atoms with Crippen molar-refractivity contribution in [1.82, 2.24) is 14.3 Å². The molecule has 2 fully saturated rings. The van der Waals surface area contributed by atoms with Crippen LogP contribution in [0.15, 0.2) is 24.8 Å². The zero-order valence-electron chi connectivity index (χ0n) is 12.4. The topological polar surface area (TPSA) is 57.8 Å². The Balaban J connectivity index is 1.69. The largest absolute Gasteiger partial charge is 0.385 e. The molecule has 0 aromatic carbocycles. The first-order valence-corrected chi connectivity index (χ1v) is 7.94. The highest BCUT2D eigenvalue weighted by Gasteiger charge is 2.50. The van der Waals surface area contributed by atoms with E-state index in [1.807, 2.05) is 15.4 Å². The Morgan fingerprint density at radius 1 is 1.41 bits per heavy atom. The second-order valence-electron chi connectivity index (χ2n) is 6.64. The number of carbonyl (C=O) groups is 1. The summed E-state index contributed by atoms with van der Waals surface area (Å²) in [6.07, 6.45) is 6.59. The minimum atomic E-state index is -0.885. The molecule has 1 amide bonds. The molecule has 116 valence electrons. The highest BCUT2D eigenvalue weighted by Crippen LogP contribution is 2.50. The van der Waals surface area contributed by atoms with Gasteiger partial charge in [0.05, 0.1) is 28.7 Å². The molecule has 1 saturated carbocycles. The second kappa shape index (κ2) is 4.70. The predicted octanol–water partition coefficient (Wildman–Crippen LogP) is 2.06. The molecular weight excluding hydrogens is 302 g/mol. The number of aliphatic hydroxyl groups is 1. The van der Waals surface area contributed by atoms with Gasteiger partial charge < -0.3 is 14.4 Å². The van der Waals surface area contributed by atoms with E-state index in [4.69, 9.17) is 11.6 Å². The van der Waals surface area contributed by atoms with E-state index < -0.39 is 5.60 Å². The van der Waals surface area contributed by atoms with Gasteiger partial charge in [0, 0.05) is 31.8 Å². The lowest BCUT2D eigenvalue weighted by Crippen LogP contribution is -2.31. The quantitative estimate of drug-likeness (QED) is 0.875. The van der Waals surface area contributed by atoms with Crippen LogP contribution in [-0.4, -0.2) is 38.4 Å². The molecule has 3 heterocycles. The summed E-state index contributed by atoms with van der Waals surface area (Å²) in [6, 6.07) is 1.85. The summed E-state index contributed by atoms with van der Waals surface area (Å²) >= 11 is 6.19. The highest BCUT2D eigenvalue weighted by molar-refractivity contribution is 6.30. The number of rotatable bonds is 1. The van der Waals surface area contributed by atoms with Gasteiger partial charge >= 0.3 is 0 Å². The standard InChI is InChI=1S/C16H18ClN3O2/c1-10(21)19-6-11-3-16(22,4-12(11)7-19)14-2-13(17)8-20-9-18-5-15(14)20/h2,5,8-9,11-12,22H,3-4,6-7H2,1H3/t11-,12+,16-. The lowest BCUT2D eigenvalue weighted by Gasteiger charge is -2.27. The number of fused-ring (bicyclic) bond motifs is 2. The molecule has 6 heteroatoms. The molecular formula is C16H18ClN3O2. The zero-order valence-corrected chi connectivity index (χ0v) is 13.1. The Hall–Kier alpha value is -1.59. The number of hydrogen-bond acceptors (Lipinski definition) is 3. The van der Waals surface area contributed by atoms with E-state index in [1.165, 1.54) is 0 Å². The van der Waals surface area contributed by atoms with Gasteiger partial charge in [-0.3, -0.25) is 4.79 Å². The molecule has 2 aliphatic rings. The minimum absolute atomic E-state index is 0.124. The van der Waals surface area contributed by atoms with Gasteiger partial charge in [0.25, 0.3) is 0 Å². The molecule has 0 bridgehead atoms. The maximum Gasteiger partial charge on any atom is 0.219 e. The Morgan fingerprint density at radius 3 is 2.73 bits per heavy atom. The van der Waals surface area contributed by atoms with E-state index in [0.29, 0.717) is 29.7 Å². The third kappa shape index (κ3) is 2.03. The lowest BCUT2D eigenvalue weighted by molar-refractivity contribution is -0.128. The minimum Gasteiger partial charge on any atom is -0.385 e. The van der Waals surface area contributed by atoms with Gasteiger partial charge in [-0.2, -0.15) is 0 Å². The summed E-state index contributed by atoms with van der Waals surface area (Å²) < 4.78 is 1.85. The maximum absolute atomic E-state index is 11.5. The summed E-state index contributed by atoms with van der Waals surface area (Å²) in [5, 5.41) is 11.8. The van der Waals surface area contributed by atoms with Gasteiger partial charge in [0.2, 0.25) is 5.91 Å². The molecule has 3 atom stereocenters. The van der Waals surface area contributed by atoms with Crippen LogP contribution in [-0.2, 0) is 10.4 Å². The van der Waals surface area contributed by atoms with Gasteiger partial charge in [-0.05, 0) is 30.7 Å². The normalized spacial score (nSPS) is 31.0. The van der Waals surface area contributed by atoms with E-state index in [9.17, 15) is 9.90 Å². The van der Waals surface area contributed by atoms with Gasteiger partial charge in [0.1, 0.15) is 0 Å². The van der Waals surface area contributed by atoms with E-state index in [2.05, 4.69) is 4.98 Å². The van der Waals surface area contributed by atoms with Crippen LogP contribution in [0.5, 0.6) is 0 Å². The Kier molecular flexibility index (Phi) is 3.00. The lowest BCUT2D eigenvalue weighted by atomic mass is 9.90. The third-order valence-electron chi connectivity index (χ3n) is 5.21. The fraction of sp³-hybridized carbons (Fsp3) is 0.500. The number of halogens is 1. The Labute approximate surface area is 133 Å². The van der Waals surface area contributed by atoms with Crippen LogP contribution in [0.1, 0.15) is 25.3 Å². The van der Waals surface area contributed by atoms with Crippen LogP contribution in [0.25, 0.3) is 5.52 Å². The van der Waals surface area contributed by atoms with Gasteiger partial charge in [-0.1, -0.05) is 11.6 Å². The summed E-state index contributed by atoms with van der Waals surface area (Å²) in [4.78, 5) is 17.6. The summed E-state index contributed by atoms with van der Waals surface area (Å²) in [5.41, 5.74) is 0.862. The molecule has 22 heavy (non-hydrogen) atoms. The molecule has 1 aliphatic heterocycles. The number of hydrogen-bond donors (Lipinski definition) is 1. The van der Waals surface area contributed by atoms with Crippen LogP contribution >= 0.6 is 11.6 Å².